The number of aliphatic hydroxyl groups excluding tert-OH is 1. The van der Waals surface area contributed by atoms with Gasteiger partial charge in [0, 0.05) is 25.7 Å². The van der Waals surface area contributed by atoms with E-state index in [4.69, 9.17) is 9.47 Å². The van der Waals surface area contributed by atoms with Gasteiger partial charge < -0.3 is 24.4 Å². The zero-order chi connectivity index (χ0) is 23.2. The van der Waals surface area contributed by atoms with Gasteiger partial charge in [0.2, 0.25) is 11.8 Å². The van der Waals surface area contributed by atoms with Gasteiger partial charge in [-0.05, 0) is 38.7 Å². The molecule has 180 valence electrons. The Kier molecular flexibility index (Phi) is 5.85. The number of likely N-dealkylation sites (tertiary alicyclic amines) is 1. The van der Waals surface area contributed by atoms with E-state index in [1.807, 2.05) is 30.1 Å². The number of carbonyl (C=O) groups excluding carboxylic acids is 3. The molecule has 0 aromatic heterocycles. The third-order valence-corrected chi connectivity index (χ3v) is 8.17. The molecule has 5 aliphatic rings. The third-order valence-electron chi connectivity index (χ3n) is 8.17. The number of hydrogen-bond acceptors (Lipinski definition) is 6. The van der Waals surface area contributed by atoms with Crippen LogP contribution in [0.5, 0.6) is 0 Å². The highest BCUT2D eigenvalue weighted by molar-refractivity contribution is 5.99. The van der Waals surface area contributed by atoms with E-state index in [9.17, 15) is 19.5 Å². The van der Waals surface area contributed by atoms with Crippen molar-refractivity contribution in [2.75, 3.05) is 26.3 Å². The fraction of sp³-hybridized carbons (Fsp3) is 0.720. The second-order valence-electron chi connectivity index (χ2n) is 10.2. The minimum Gasteiger partial charge on any atom is -0.461 e. The molecule has 33 heavy (non-hydrogen) atoms. The van der Waals surface area contributed by atoms with Crippen molar-refractivity contribution in [3.63, 3.8) is 0 Å². The van der Waals surface area contributed by atoms with Crippen molar-refractivity contribution in [1.29, 1.82) is 0 Å². The molecule has 2 amide bonds. The Bertz CT molecular complexity index is 880. The first-order chi connectivity index (χ1) is 15.9. The number of ether oxygens (including phenoxy) is 2. The predicted molar refractivity (Wildman–Crippen MR) is 119 cm³/mol. The molecular weight excluding hydrogens is 424 g/mol. The zero-order valence-corrected chi connectivity index (χ0v) is 19.3. The molecule has 0 bridgehead atoms. The summed E-state index contributed by atoms with van der Waals surface area (Å²) >= 11 is 0. The van der Waals surface area contributed by atoms with Crippen molar-refractivity contribution in [3.8, 4) is 0 Å². The lowest BCUT2D eigenvalue weighted by molar-refractivity contribution is -0.158. The highest BCUT2D eigenvalue weighted by Gasteiger charge is 2.74. The number of hydrogen-bond donors (Lipinski definition) is 1. The van der Waals surface area contributed by atoms with Crippen molar-refractivity contribution in [1.82, 2.24) is 9.80 Å². The number of fused-ring (bicyclic) bond motifs is 2. The van der Waals surface area contributed by atoms with Gasteiger partial charge >= 0.3 is 5.97 Å². The SMILES string of the molecule is C[C@]12C=CCOC(=O)[C@H]1[C@H]1C(=O)N(CCCCO)C3C(=O)N(C4CCCCC4)CC=C[C@@]31O2. The minimum atomic E-state index is -1.21. The Morgan fingerprint density at radius 1 is 1.03 bits per heavy atom. The fourth-order valence-electron chi connectivity index (χ4n) is 6.73. The second kappa shape index (κ2) is 8.55. The molecule has 1 spiro atoms. The highest BCUT2D eigenvalue weighted by atomic mass is 16.6. The van der Waals surface area contributed by atoms with Gasteiger partial charge in [-0.1, -0.05) is 37.5 Å². The van der Waals surface area contributed by atoms with Crippen molar-refractivity contribution in [3.05, 3.63) is 24.3 Å². The molecule has 1 N–H and O–H groups in total. The molecule has 0 radical (unpaired) electrons. The van der Waals surface area contributed by atoms with Crippen LogP contribution in [0.3, 0.4) is 0 Å². The van der Waals surface area contributed by atoms with Crippen LogP contribution in [-0.2, 0) is 23.9 Å². The highest BCUT2D eigenvalue weighted by Crippen LogP contribution is 2.57. The first-order valence-corrected chi connectivity index (χ1v) is 12.4. The predicted octanol–water partition coefficient (Wildman–Crippen LogP) is 1.57. The summed E-state index contributed by atoms with van der Waals surface area (Å²) in [6, 6.07) is -0.661. The van der Waals surface area contributed by atoms with Crippen molar-refractivity contribution in [2.24, 2.45) is 11.8 Å². The summed E-state index contributed by atoms with van der Waals surface area (Å²) in [6.45, 7) is 2.82. The maximum absolute atomic E-state index is 14.1. The monoisotopic (exact) mass is 458 g/mol. The maximum atomic E-state index is 14.1. The largest absolute Gasteiger partial charge is 0.461 e. The van der Waals surface area contributed by atoms with Crippen molar-refractivity contribution < 1.29 is 29.0 Å². The van der Waals surface area contributed by atoms with Gasteiger partial charge in [0.05, 0.1) is 11.5 Å². The first-order valence-electron chi connectivity index (χ1n) is 12.4. The summed E-state index contributed by atoms with van der Waals surface area (Å²) in [4.78, 5) is 44.6. The first kappa shape index (κ1) is 22.6. The molecule has 1 aliphatic carbocycles. The van der Waals surface area contributed by atoms with Gasteiger partial charge in [0.1, 0.15) is 24.2 Å². The van der Waals surface area contributed by atoms with Crippen LogP contribution in [0.1, 0.15) is 51.9 Å². The lowest BCUT2D eigenvalue weighted by Crippen LogP contribution is -2.57. The average molecular weight is 459 g/mol. The molecule has 0 aromatic rings. The molecular formula is C25H34N2O6. The Hall–Kier alpha value is -2.19. The van der Waals surface area contributed by atoms with Crippen LogP contribution in [0, 0.1) is 11.8 Å². The molecule has 8 nitrogen and oxygen atoms in total. The van der Waals surface area contributed by atoms with Gasteiger partial charge in [0.15, 0.2) is 0 Å². The Balaban J connectivity index is 1.57. The number of rotatable bonds is 5. The lowest BCUT2D eigenvalue weighted by atomic mass is 9.74. The van der Waals surface area contributed by atoms with Gasteiger partial charge in [0.25, 0.3) is 0 Å². The van der Waals surface area contributed by atoms with Crippen LogP contribution < -0.4 is 0 Å². The standard InChI is InChI=1S/C25H34N2O6/c1-24-11-8-16-32-23(31)19(24)18-21(29)27(13-5-6-15-28)20-22(30)26(17-9-3-2-4-10-17)14-7-12-25(18,20)33-24/h7-8,11-12,17-20,28H,2-6,9-10,13-16H2,1H3/t18-,19+,20?,24-,25-/m0/s1. The molecule has 4 heterocycles. The number of carbonyl (C=O) groups is 3. The minimum absolute atomic E-state index is 0.0254. The molecule has 1 saturated carbocycles. The number of aliphatic hydroxyl groups is 1. The van der Waals surface area contributed by atoms with Crippen LogP contribution in [-0.4, -0.2) is 82.3 Å². The van der Waals surface area contributed by atoms with Crippen LogP contribution in [0.25, 0.3) is 0 Å². The number of amides is 2. The van der Waals surface area contributed by atoms with Crippen molar-refractivity contribution in [2.45, 2.75) is 75.2 Å². The van der Waals surface area contributed by atoms with E-state index in [-0.39, 0.29) is 31.1 Å². The van der Waals surface area contributed by atoms with Crippen LogP contribution in [0.2, 0.25) is 0 Å². The zero-order valence-electron chi connectivity index (χ0n) is 19.3. The summed E-state index contributed by atoms with van der Waals surface area (Å²) in [5.74, 6) is -2.41. The molecule has 4 aliphatic heterocycles. The normalized spacial score (nSPS) is 38.6. The van der Waals surface area contributed by atoms with Crippen LogP contribution in [0.15, 0.2) is 24.3 Å². The van der Waals surface area contributed by atoms with E-state index in [0.717, 1.165) is 25.7 Å². The molecule has 2 saturated heterocycles. The topological polar surface area (TPSA) is 96.4 Å². The summed E-state index contributed by atoms with van der Waals surface area (Å²) < 4.78 is 12.1. The van der Waals surface area contributed by atoms with Gasteiger partial charge in [-0.25, -0.2) is 0 Å². The summed E-state index contributed by atoms with van der Waals surface area (Å²) in [7, 11) is 0. The number of cyclic esters (lactones) is 1. The van der Waals surface area contributed by atoms with E-state index in [1.165, 1.54) is 6.42 Å². The van der Waals surface area contributed by atoms with Gasteiger partial charge in [-0.15, -0.1) is 0 Å². The fourth-order valence-corrected chi connectivity index (χ4v) is 6.73. The van der Waals surface area contributed by atoms with E-state index in [2.05, 4.69) is 0 Å². The molecule has 5 atom stereocenters. The molecule has 5 rings (SSSR count). The summed E-state index contributed by atoms with van der Waals surface area (Å²) in [5, 5.41) is 9.28. The van der Waals surface area contributed by atoms with E-state index < -0.39 is 35.0 Å². The van der Waals surface area contributed by atoms with Gasteiger partial charge in [-0.3, -0.25) is 14.4 Å². The second-order valence-corrected chi connectivity index (χ2v) is 10.2. The lowest BCUT2D eigenvalue weighted by Gasteiger charge is -2.40. The molecule has 3 fully saturated rings. The molecule has 1 unspecified atom stereocenters. The summed E-state index contributed by atoms with van der Waals surface area (Å²) in [5.41, 5.74) is -2.23. The van der Waals surface area contributed by atoms with Crippen LogP contribution in [0.4, 0.5) is 0 Å². The smallest absolute Gasteiger partial charge is 0.313 e. The quantitative estimate of drug-likeness (QED) is 0.382. The Morgan fingerprint density at radius 3 is 2.58 bits per heavy atom. The summed E-state index contributed by atoms with van der Waals surface area (Å²) in [6.07, 6.45) is 13.9. The Labute approximate surface area is 194 Å². The van der Waals surface area contributed by atoms with E-state index in [1.54, 1.807) is 11.0 Å². The van der Waals surface area contributed by atoms with Crippen LogP contribution >= 0.6 is 0 Å². The molecule has 8 heteroatoms. The number of esters is 1. The maximum Gasteiger partial charge on any atom is 0.313 e. The van der Waals surface area contributed by atoms with E-state index >= 15 is 0 Å². The number of nitrogens with zero attached hydrogens (tertiary/aromatic N) is 2. The average Bonchev–Trinajstić information content (AvgIpc) is 3.05. The van der Waals surface area contributed by atoms with Crippen molar-refractivity contribution >= 4 is 17.8 Å². The molecule has 0 aromatic carbocycles. The number of unbranched alkanes of at least 4 members (excludes halogenated alkanes) is 1. The third kappa shape index (κ3) is 3.44. The Morgan fingerprint density at radius 2 is 1.82 bits per heavy atom. The van der Waals surface area contributed by atoms with Gasteiger partial charge in [-0.2, -0.15) is 0 Å². The van der Waals surface area contributed by atoms with E-state index in [0.29, 0.717) is 25.9 Å².